The van der Waals surface area contributed by atoms with Crippen molar-refractivity contribution in [3.63, 3.8) is 0 Å². The Labute approximate surface area is 69.3 Å². The monoisotopic (exact) mass is 159 g/mol. The van der Waals surface area contributed by atoms with E-state index in [-0.39, 0.29) is 0 Å². The van der Waals surface area contributed by atoms with E-state index in [9.17, 15) is 0 Å². The maximum Gasteiger partial charge on any atom is 0.138 e. The molecule has 11 heavy (non-hydrogen) atoms. The van der Waals surface area contributed by atoms with Crippen molar-refractivity contribution >= 4 is 23.9 Å². The van der Waals surface area contributed by atoms with Gasteiger partial charge in [0.2, 0.25) is 0 Å². The maximum absolute atomic E-state index is 8.45. The molecule has 0 bridgehead atoms. The summed E-state index contributed by atoms with van der Waals surface area (Å²) in [6.07, 6.45) is 4.09. The molecule has 0 aliphatic heterocycles. The molecular weight excluding hydrogens is 154 g/mol. The lowest BCUT2D eigenvalue weighted by atomic mass is 9.98. The predicted molar refractivity (Wildman–Crippen MR) is 46.8 cm³/mol. The van der Waals surface area contributed by atoms with Crippen LogP contribution in [0.25, 0.3) is 12.2 Å². The van der Waals surface area contributed by atoms with Gasteiger partial charge in [-0.3, -0.25) is 0 Å². The van der Waals surface area contributed by atoms with Gasteiger partial charge in [0.25, 0.3) is 0 Å². The Morgan fingerprint density at radius 1 is 1.27 bits per heavy atom. The Kier molecular flexibility index (Phi) is 1.45. The molecule has 0 fully saturated rings. The number of rotatable bonds is 1. The summed E-state index contributed by atoms with van der Waals surface area (Å²) >= 11 is 1.22. The molecule has 0 saturated carbocycles. The van der Waals surface area contributed by atoms with Crippen LogP contribution in [0.3, 0.4) is 0 Å². The van der Waals surface area contributed by atoms with Crippen molar-refractivity contribution in [3.8, 4) is 5.40 Å². The zero-order valence-electron chi connectivity index (χ0n) is 5.74. The zero-order chi connectivity index (χ0) is 7.68. The van der Waals surface area contributed by atoms with Crippen LogP contribution in [0.2, 0.25) is 0 Å². The van der Waals surface area contributed by atoms with Crippen LogP contribution in [-0.2, 0) is 0 Å². The summed E-state index contributed by atoms with van der Waals surface area (Å²) < 4.78 is 0. The first kappa shape index (κ1) is 6.51. The number of hydrogen-bond acceptors (Lipinski definition) is 2. The van der Waals surface area contributed by atoms with Crippen LogP contribution in [0.1, 0.15) is 11.1 Å². The Morgan fingerprint density at radius 2 is 2.18 bits per heavy atom. The van der Waals surface area contributed by atoms with Gasteiger partial charge < -0.3 is 0 Å². The van der Waals surface area contributed by atoms with Gasteiger partial charge in [-0.25, -0.2) is 0 Å². The number of thiocyanates is 1. The lowest BCUT2D eigenvalue weighted by Crippen LogP contribution is -1.90. The van der Waals surface area contributed by atoms with E-state index < -0.39 is 0 Å². The molecular formula is C9H5NS. The standard InChI is InChI=1S/C9H5NS/c10-6-11-9-3-1-2-7-4-5-8(7)9/h1-5H. The van der Waals surface area contributed by atoms with Crippen LogP contribution >= 0.6 is 11.8 Å². The molecule has 1 aliphatic carbocycles. The topological polar surface area (TPSA) is 23.8 Å². The molecule has 0 amide bonds. The Morgan fingerprint density at radius 3 is 2.82 bits per heavy atom. The molecule has 1 nitrogen and oxygen atoms in total. The minimum atomic E-state index is 1.06. The van der Waals surface area contributed by atoms with Crippen molar-refractivity contribution < 1.29 is 0 Å². The van der Waals surface area contributed by atoms with Crippen LogP contribution in [0.5, 0.6) is 0 Å². The fourth-order valence-electron chi connectivity index (χ4n) is 1.10. The third-order valence-corrected chi connectivity index (χ3v) is 2.35. The number of nitrogens with zero attached hydrogens (tertiary/aromatic N) is 1. The third-order valence-electron chi connectivity index (χ3n) is 1.69. The molecule has 1 aromatic rings. The fraction of sp³-hybridized carbons (Fsp3) is 0. The van der Waals surface area contributed by atoms with Crippen molar-refractivity contribution in [1.82, 2.24) is 0 Å². The molecule has 2 rings (SSSR count). The predicted octanol–water partition coefficient (Wildman–Crippen LogP) is 2.74. The van der Waals surface area contributed by atoms with Gasteiger partial charge in [-0.2, -0.15) is 5.26 Å². The lowest BCUT2D eigenvalue weighted by Gasteiger charge is -2.11. The highest BCUT2D eigenvalue weighted by molar-refractivity contribution is 8.03. The third kappa shape index (κ3) is 0.941. The number of nitriles is 1. The van der Waals surface area contributed by atoms with Crippen molar-refractivity contribution in [2.45, 2.75) is 4.90 Å². The summed E-state index contributed by atoms with van der Waals surface area (Å²) in [5.41, 5.74) is 2.45. The van der Waals surface area contributed by atoms with E-state index in [1.165, 1.54) is 22.9 Å². The van der Waals surface area contributed by atoms with Crippen molar-refractivity contribution in [2.24, 2.45) is 0 Å². The molecule has 52 valence electrons. The van der Waals surface area contributed by atoms with Gasteiger partial charge in [-0.05, 0) is 29.0 Å². The average Bonchev–Trinajstić information content (AvgIpc) is 1.94. The summed E-state index contributed by atoms with van der Waals surface area (Å²) in [6, 6.07) is 6.00. The van der Waals surface area contributed by atoms with E-state index in [1.807, 2.05) is 18.2 Å². The number of hydrogen-bond donors (Lipinski definition) is 0. The largest absolute Gasteiger partial charge is 0.185 e. The van der Waals surface area contributed by atoms with E-state index in [0.29, 0.717) is 0 Å². The van der Waals surface area contributed by atoms with Crippen LogP contribution < -0.4 is 0 Å². The smallest absolute Gasteiger partial charge is 0.138 e. The number of fused-ring (bicyclic) bond motifs is 1. The van der Waals surface area contributed by atoms with Gasteiger partial charge in [-0.1, -0.05) is 24.3 Å². The minimum absolute atomic E-state index is 1.06. The van der Waals surface area contributed by atoms with E-state index in [0.717, 1.165) is 4.90 Å². The summed E-state index contributed by atoms with van der Waals surface area (Å²) in [5, 5.41) is 10.5. The molecule has 0 aromatic heterocycles. The van der Waals surface area contributed by atoms with Crippen molar-refractivity contribution in [1.29, 1.82) is 5.26 Å². The summed E-state index contributed by atoms with van der Waals surface area (Å²) in [6.45, 7) is 0. The molecule has 0 atom stereocenters. The van der Waals surface area contributed by atoms with Gasteiger partial charge in [0, 0.05) is 4.90 Å². The van der Waals surface area contributed by atoms with Gasteiger partial charge in [0.1, 0.15) is 5.40 Å². The highest BCUT2D eigenvalue weighted by Crippen LogP contribution is 2.32. The molecule has 2 heteroatoms. The highest BCUT2D eigenvalue weighted by Gasteiger charge is 2.09. The quantitative estimate of drug-likeness (QED) is 0.472. The molecule has 1 aliphatic rings. The molecule has 0 heterocycles. The molecule has 0 saturated heterocycles. The average molecular weight is 159 g/mol. The molecule has 0 N–H and O–H groups in total. The van der Waals surface area contributed by atoms with E-state index in [4.69, 9.17) is 5.26 Å². The van der Waals surface area contributed by atoms with Crippen LogP contribution in [0.4, 0.5) is 0 Å². The highest BCUT2D eigenvalue weighted by atomic mass is 32.2. The van der Waals surface area contributed by atoms with E-state index in [1.54, 1.807) is 0 Å². The van der Waals surface area contributed by atoms with Crippen molar-refractivity contribution in [2.75, 3.05) is 0 Å². The molecule has 0 unspecified atom stereocenters. The zero-order valence-corrected chi connectivity index (χ0v) is 6.56. The van der Waals surface area contributed by atoms with Gasteiger partial charge in [-0.15, -0.1) is 0 Å². The van der Waals surface area contributed by atoms with E-state index in [2.05, 4.69) is 17.5 Å². The maximum atomic E-state index is 8.45. The van der Waals surface area contributed by atoms with Crippen molar-refractivity contribution in [3.05, 3.63) is 29.3 Å². The molecule has 0 spiro atoms. The first-order chi connectivity index (χ1) is 5.42. The van der Waals surface area contributed by atoms with Crippen LogP contribution in [0, 0.1) is 10.7 Å². The van der Waals surface area contributed by atoms with Gasteiger partial charge in [0.15, 0.2) is 0 Å². The first-order valence-electron chi connectivity index (χ1n) is 3.29. The summed E-state index contributed by atoms with van der Waals surface area (Å²) in [7, 11) is 0. The Balaban J connectivity index is 2.46. The normalized spacial score (nSPS) is 11.5. The van der Waals surface area contributed by atoms with Gasteiger partial charge >= 0.3 is 0 Å². The summed E-state index contributed by atoms with van der Waals surface area (Å²) in [4.78, 5) is 1.06. The number of benzene rings is 1. The Bertz CT molecular complexity index is 360. The van der Waals surface area contributed by atoms with Crippen LogP contribution in [0.15, 0.2) is 23.1 Å². The second-order valence-corrected chi connectivity index (χ2v) is 3.11. The second-order valence-electron chi connectivity index (χ2n) is 2.29. The van der Waals surface area contributed by atoms with Gasteiger partial charge in [0.05, 0.1) is 0 Å². The fourth-order valence-corrected chi connectivity index (χ4v) is 1.64. The minimum Gasteiger partial charge on any atom is -0.185 e. The first-order valence-corrected chi connectivity index (χ1v) is 4.10. The number of thioether (sulfide) groups is 1. The molecule has 1 aromatic carbocycles. The van der Waals surface area contributed by atoms with E-state index >= 15 is 0 Å². The van der Waals surface area contributed by atoms with Crippen LogP contribution in [-0.4, -0.2) is 0 Å². The SMILES string of the molecule is N#CSc1cccc2c1C=C2. The molecule has 0 radical (unpaired) electrons. The Hall–Kier alpha value is -1.20. The second kappa shape index (κ2) is 2.44. The lowest BCUT2D eigenvalue weighted by molar-refractivity contribution is 1.39. The summed E-state index contributed by atoms with van der Waals surface area (Å²) in [5.74, 6) is 0.